The van der Waals surface area contributed by atoms with Gasteiger partial charge in [-0.2, -0.15) is 0 Å². The lowest BCUT2D eigenvalue weighted by atomic mass is 9.90. The van der Waals surface area contributed by atoms with Gasteiger partial charge in [-0.25, -0.2) is 8.42 Å². The molecule has 0 aliphatic rings. The average Bonchev–Trinajstić information content (AvgIpc) is 3.04. The minimum atomic E-state index is -4.41. The standard InChI is InChI=1S/C41H82NO.CH4O4S/c1-8-9-10-11-12-13-14-15-16-19-22-25-28-31-34-37-40(43)41(4,5)42(6,7)38-35-32-29-26-23-20-17-18-21-24-27-30-33-36-39(2)3;1-5-6(2,3)4/h15-16,39H,8-14,17-38H2,1-7H3;1H3,(H,2,3,4)/q+1;/p-1/b16-15-;. The maximum Gasteiger partial charge on any atom is 0.217 e. The Kier molecular flexibility index (Phi) is 34.0. The molecular formula is C42H85NO5S. The van der Waals surface area contributed by atoms with Gasteiger partial charge in [0, 0.05) is 6.42 Å². The monoisotopic (exact) mass is 716 g/mol. The van der Waals surface area contributed by atoms with Gasteiger partial charge in [-0.3, -0.25) is 8.98 Å². The lowest BCUT2D eigenvalue weighted by molar-refractivity contribution is -0.927. The molecule has 0 aromatic rings. The van der Waals surface area contributed by atoms with E-state index in [1.54, 1.807) is 0 Å². The van der Waals surface area contributed by atoms with Crippen molar-refractivity contribution >= 4 is 16.2 Å². The average molecular weight is 716 g/mol. The second-order valence-electron chi connectivity index (χ2n) is 16.1. The Balaban J connectivity index is 0. The van der Waals surface area contributed by atoms with Crippen LogP contribution in [0, 0.1) is 5.92 Å². The first-order valence-corrected chi connectivity index (χ1v) is 22.1. The summed E-state index contributed by atoms with van der Waals surface area (Å²) < 4.78 is 31.8. The van der Waals surface area contributed by atoms with Crippen molar-refractivity contribution < 1.29 is 26.4 Å². The van der Waals surface area contributed by atoms with Crippen molar-refractivity contribution in [1.29, 1.82) is 0 Å². The molecule has 0 atom stereocenters. The predicted molar refractivity (Wildman–Crippen MR) is 212 cm³/mol. The molecule has 0 spiro atoms. The van der Waals surface area contributed by atoms with Crippen molar-refractivity contribution in [2.24, 2.45) is 5.92 Å². The molecule has 0 heterocycles. The first-order valence-electron chi connectivity index (χ1n) is 20.7. The lowest BCUT2D eigenvalue weighted by Gasteiger charge is -2.43. The Morgan fingerprint density at radius 2 is 1.00 bits per heavy atom. The molecule has 0 fully saturated rings. The quantitative estimate of drug-likeness (QED) is 0.0218. The van der Waals surface area contributed by atoms with E-state index in [2.05, 4.69) is 65.0 Å². The van der Waals surface area contributed by atoms with Crippen LogP contribution in [0.1, 0.15) is 214 Å². The maximum atomic E-state index is 13.2. The Morgan fingerprint density at radius 3 is 1.39 bits per heavy atom. The van der Waals surface area contributed by atoms with E-state index in [-0.39, 0.29) is 5.54 Å². The molecule has 0 aromatic heterocycles. The van der Waals surface area contributed by atoms with Crippen LogP contribution in [0.5, 0.6) is 0 Å². The number of likely N-dealkylation sites (N-methyl/N-ethyl adjacent to an activating group) is 1. The largest absolute Gasteiger partial charge is 0.726 e. The number of rotatable bonds is 34. The molecule has 0 N–H and O–H groups in total. The van der Waals surface area contributed by atoms with Crippen LogP contribution in [0.3, 0.4) is 0 Å². The maximum absolute atomic E-state index is 13.2. The number of hydrogen-bond acceptors (Lipinski definition) is 5. The van der Waals surface area contributed by atoms with Gasteiger partial charge in [-0.15, -0.1) is 0 Å². The van der Waals surface area contributed by atoms with Gasteiger partial charge in [0.05, 0.1) is 27.7 Å². The highest BCUT2D eigenvalue weighted by Crippen LogP contribution is 2.25. The third-order valence-corrected chi connectivity index (χ3v) is 11.0. The van der Waals surface area contributed by atoms with Crippen LogP contribution in [0.15, 0.2) is 12.2 Å². The van der Waals surface area contributed by atoms with Gasteiger partial charge in [-0.1, -0.05) is 161 Å². The Bertz CT molecular complexity index is 866. The smallest absolute Gasteiger partial charge is 0.217 e. The number of unbranched alkanes of at least 4 members (excludes halogenated alkanes) is 23. The number of hydrogen-bond donors (Lipinski definition) is 0. The molecule has 0 aliphatic carbocycles. The topological polar surface area (TPSA) is 83.5 Å². The van der Waals surface area contributed by atoms with Crippen molar-refractivity contribution in [3.8, 4) is 0 Å². The second kappa shape index (κ2) is 33.1. The summed E-state index contributed by atoms with van der Waals surface area (Å²) in [5.74, 6) is 1.34. The molecule has 0 bridgehead atoms. The third kappa shape index (κ3) is 34.1. The van der Waals surface area contributed by atoms with Crippen LogP contribution in [0.4, 0.5) is 0 Å². The highest BCUT2D eigenvalue weighted by molar-refractivity contribution is 7.80. The van der Waals surface area contributed by atoms with Crippen LogP contribution >= 0.6 is 0 Å². The summed E-state index contributed by atoms with van der Waals surface area (Å²) in [6.07, 6.45) is 42.2. The SMILES string of the molecule is CCCCCCCC/C=C\CCCCCCCC(=O)C(C)(C)[N+](C)(C)CCCCCCCCCCCCCCCC(C)C.COS(=O)(=O)[O-]. The zero-order valence-corrected chi connectivity index (χ0v) is 35.0. The van der Waals surface area contributed by atoms with Crippen LogP contribution in [0.25, 0.3) is 0 Å². The summed E-state index contributed by atoms with van der Waals surface area (Å²) in [5.41, 5.74) is -0.283. The zero-order chi connectivity index (χ0) is 37.3. The first kappa shape index (κ1) is 50.3. The van der Waals surface area contributed by atoms with Crippen LogP contribution in [0.2, 0.25) is 0 Å². The first-order chi connectivity index (χ1) is 23.2. The normalized spacial score (nSPS) is 12.5. The van der Waals surface area contributed by atoms with Crippen molar-refractivity contribution in [1.82, 2.24) is 0 Å². The molecule has 294 valence electrons. The molecule has 0 aliphatic heterocycles. The highest BCUT2D eigenvalue weighted by Gasteiger charge is 2.42. The van der Waals surface area contributed by atoms with Crippen molar-refractivity contribution in [3.05, 3.63) is 12.2 Å². The van der Waals surface area contributed by atoms with Crippen LogP contribution in [-0.4, -0.2) is 56.5 Å². The minimum Gasteiger partial charge on any atom is -0.726 e. The Labute approximate surface area is 307 Å². The van der Waals surface area contributed by atoms with Gasteiger partial charge >= 0.3 is 0 Å². The molecule has 7 heteroatoms. The number of carbonyl (C=O) groups excluding carboxylic acids is 1. The van der Waals surface area contributed by atoms with E-state index >= 15 is 0 Å². The molecule has 0 unspecified atom stereocenters. The van der Waals surface area contributed by atoms with E-state index in [4.69, 9.17) is 0 Å². The summed E-state index contributed by atoms with van der Waals surface area (Å²) in [6.45, 7) is 12.5. The van der Waals surface area contributed by atoms with Crippen molar-refractivity contribution in [2.75, 3.05) is 27.7 Å². The fourth-order valence-corrected chi connectivity index (χ4v) is 6.28. The lowest BCUT2D eigenvalue weighted by Crippen LogP contribution is -2.60. The van der Waals surface area contributed by atoms with E-state index in [0.717, 1.165) is 36.9 Å². The fourth-order valence-electron chi connectivity index (χ4n) is 6.28. The van der Waals surface area contributed by atoms with Gasteiger partial charge in [0.1, 0.15) is 0 Å². The minimum absolute atomic E-state index is 0.283. The zero-order valence-electron chi connectivity index (χ0n) is 34.1. The summed E-state index contributed by atoms with van der Waals surface area (Å²) in [5, 5.41) is 0. The Hall–Kier alpha value is -0.760. The van der Waals surface area contributed by atoms with Crippen molar-refractivity contribution in [3.63, 3.8) is 0 Å². The summed E-state index contributed by atoms with van der Waals surface area (Å²) in [4.78, 5) is 13.2. The van der Waals surface area contributed by atoms with E-state index in [0.29, 0.717) is 5.78 Å². The van der Waals surface area contributed by atoms with Crippen LogP contribution < -0.4 is 0 Å². The number of quaternary nitrogens is 1. The third-order valence-electron chi connectivity index (χ3n) is 10.6. The van der Waals surface area contributed by atoms with Gasteiger partial charge < -0.3 is 9.04 Å². The summed E-state index contributed by atoms with van der Waals surface area (Å²) >= 11 is 0. The molecule has 0 aromatic carbocycles. The van der Waals surface area contributed by atoms with Gasteiger partial charge in [0.2, 0.25) is 10.4 Å². The highest BCUT2D eigenvalue weighted by atomic mass is 32.3. The molecule has 0 saturated heterocycles. The summed E-state index contributed by atoms with van der Waals surface area (Å²) in [6, 6.07) is 0. The molecule has 0 amide bonds. The number of allylic oxidation sites excluding steroid dienone is 2. The van der Waals surface area contributed by atoms with Crippen LogP contribution in [-0.2, 0) is 19.4 Å². The number of carbonyl (C=O) groups is 1. The summed E-state index contributed by atoms with van der Waals surface area (Å²) in [7, 11) is 0.956. The van der Waals surface area contributed by atoms with Gasteiger partial charge in [0.25, 0.3) is 0 Å². The van der Waals surface area contributed by atoms with E-state index < -0.39 is 10.4 Å². The van der Waals surface area contributed by atoms with E-state index in [1.807, 2.05) is 0 Å². The number of Topliss-reactive ketones (excluding diaryl/α,β-unsaturated/α-hetero) is 1. The Morgan fingerprint density at radius 1 is 0.653 bits per heavy atom. The molecule has 0 saturated carbocycles. The number of ketones is 1. The second-order valence-corrected chi connectivity index (χ2v) is 17.2. The predicted octanol–water partition coefficient (Wildman–Crippen LogP) is 12.7. The van der Waals surface area contributed by atoms with E-state index in [1.165, 1.54) is 167 Å². The van der Waals surface area contributed by atoms with E-state index in [9.17, 15) is 17.8 Å². The molecule has 6 nitrogen and oxygen atoms in total. The molecular weight excluding hydrogens is 631 g/mol. The molecule has 0 rings (SSSR count). The fraction of sp³-hybridized carbons (Fsp3) is 0.929. The molecule has 0 radical (unpaired) electrons. The van der Waals surface area contributed by atoms with Gasteiger partial charge in [0.15, 0.2) is 11.3 Å². The molecule has 49 heavy (non-hydrogen) atoms. The van der Waals surface area contributed by atoms with Gasteiger partial charge in [-0.05, 0) is 64.7 Å². The number of nitrogens with zero attached hydrogens (tertiary/aromatic N) is 1. The van der Waals surface area contributed by atoms with Crippen molar-refractivity contribution in [2.45, 2.75) is 220 Å².